The molecule has 6 nitrogen and oxygen atoms in total. The molecule has 4 aromatic rings. The van der Waals surface area contributed by atoms with Crippen LogP contribution < -0.4 is 9.47 Å². The first-order valence-corrected chi connectivity index (χ1v) is 13.5. The highest BCUT2D eigenvalue weighted by Crippen LogP contribution is 2.35. The number of thiocarbonyl (C=S) groups is 1. The molecule has 0 aliphatic carbocycles. The quantitative estimate of drug-likeness (QED) is 0.183. The van der Waals surface area contributed by atoms with E-state index in [0.29, 0.717) is 56.1 Å². The van der Waals surface area contributed by atoms with Crippen LogP contribution in [0, 0.1) is 12.7 Å². The van der Waals surface area contributed by atoms with Crippen molar-refractivity contribution in [2.75, 3.05) is 20.8 Å². The standard InChI is InChI=1S/C30H26FN3O3S2/c1-19-9-11-21(16-24(19)31)28-22(18-34(32-28)23-7-5-4-6-8-23)17-27-29(35)33(30(38)39-27)14-13-20-10-12-25(36-2)26(15-20)37-3/h4-12,15-18H,13-14H2,1-3H3/b27-17-. The molecule has 1 amide bonds. The van der Waals surface area contributed by atoms with Crippen LogP contribution in [-0.4, -0.2) is 45.7 Å². The minimum Gasteiger partial charge on any atom is -0.493 e. The number of nitrogens with zero attached hydrogens (tertiary/aromatic N) is 3. The molecule has 39 heavy (non-hydrogen) atoms. The zero-order chi connectivity index (χ0) is 27.5. The summed E-state index contributed by atoms with van der Waals surface area (Å²) in [7, 11) is 3.18. The van der Waals surface area contributed by atoms with Gasteiger partial charge in [0.25, 0.3) is 5.91 Å². The van der Waals surface area contributed by atoms with Crippen molar-refractivity contribution >= 4 is 40.3 Å². The number of aromatic nitrogens is 2. The van der Waals surface area contributed by atoms with Crippen LogP contribution in [0.3, 0.4) is 0 Å². The van der Waals surface area contributed by atoms with Gasteiger partial charge in [0.2, 0.25) is 0 Å². The Bertz CT molecular complexity index is 1580. The smallest absolute Gasteiger partial charge is 0.266 e. The minimum atomic E-state index is -0.311. The third kappa shape index (κ3) is 5.60. The van der Waals surface area contributed by atoms with Gasteiger partial charge in [-0.15, -0.1) is 0 Å². The second-order valence-electron chi connectivity index (χ2n) is 8.95. The first-order valence-electron chi connectivity index (χ1n) is 12.3. The average Bonchev–Trinajstić information content (AvgIpc) is 3.49. The summed E-state index contributed by atoms with van der Waals surface area (Å²) in [5.74, 6) is 0.805. The number of hydrogen-bond donors (Lipinski definition) is 0. The maximum absolute atomic E-state index is 14.5. The molecule has 1 saturated heterocycles. The number of carbonyl (C=O) groups is 1. The summed E-state index contributed by atoms with van der Waals surface area (Å²) in [6, 6.07) is 20.4. The summed E-state index contributed by atoms with van der Waals surface area (Å²) in [6.07, 6.45) is 4.23. The fraction of sp³-hybridized carbons (Fsp3) is 0.167. The summed E-state index contributed by atoms with van der Waals surface area (Å²) in [5.41, 5.74) is 4.31. The topological polar surface area (TPSA) is 56.6 Å². The largest absolute Gasteiger partial charge is 0.493 e. The van der Waals surface area contributed by atoms with Crippen molar-refractivity contribution in [1.82, 2.24) is 14.7 Å². The maximum Gasteiger partial charge on any atom is 0.266 e. The lowest BCUT2D eigenvalue weighted by molar-refractivity contribution is -0.122. The Morgan fingerprint density at radius 3 is 2.51 bits per heavy atom. The van der Waals surface area contributed by atoms with Crippen LogP contribution in [0.1, 0.15) is 16.7 Å². The summed E-state index contributed by atoms with van der Waals surface area (Å²) in [5, 5.41) is 4.75. The lowest BCUT2D eigenvalue weighted by Crippen LogP contribution is -2.30. The molecule has 0 radical (unpaired) electrons. The molecule has 1 aliphatic heterocycles. The number of aryl methyl sites for hydroxylation is 1. The molecule has 9 heteroatoms. The molecule has 5 rings (SSSR count). The van der Waals surface area contributed by atoms with Gasteiger partial charge >= 0.3 is 0 Å². The molecular formula is C30H26FN3O3S2. The van der Waals surface area contributed by atoms with Gasteiger partial charge in [0, 0.05) is 23.9 Å². The van der Waals surface area contributed by atoms with Crippen LogP contribution in [-0.2, 0) is 11.2 Å². The van der Waals surface area contributed by atoms with E-state index in [2.05, 4.69) is 0 Å². The number of thioether (sulfide) groups is 1. The van der Waals surface area contributed by atoms with Crippen LogP contribution in [0.25, 0.3) is 23.0 Å². The van der Waals surface area contributed by atoms with Gasteiger partial charge in [-0.2, -0.15) is 5.10 Å². The Morgan fingerprint density at radius 2 is 1.79 bits per heavy atom. The number of hydrogen-bond acceptors (Lipinski definition) is 6. The van der Waals surface area contributed by atoms with Crippen molar-refractivity contribution in [3.63, 3.8) is 0 Å². The Morgan fingerprint density at radius 1 is 1.03 bits per heavy atom. The molecule has 0 atom stereocenters. The van der Waals surface area contributed by atoms with E-state index in [1.807, 2.05) is 60.8 Å². The van der Waals surface area contributed by atoms with Gasteiger partial charge in [0.15, 0.2) is 11.5 Å². The molecule has 1 aliphatic rings. The lowest BCUT2D eigenvalue weighted by Gasteiger charge is -2.15. The third-order valence-electron chi connectivity index (χ3n) is 6.44. The number of rotatable bonds is 8. The van der Waals surface area contributed by atoms with Crippen molar-refractivity contribution in [2.24, 2.45) is 0 Å². The van der Waals surface area contributed by atoms with Crippen molar-refractivity contribution in [3.05, 3.63) is 100 Å². The Balaban J connectivity index is 1.43. The van der Waals surface area contributed by atoms with Crippen molar-refractivity contribution in [3.8, 4) is 28.4 Å². The number of halogens is 1. The Kier molecular flexibility index (Phi) is 7.81. The van der Waals surface area contributed by atoms with E-state index in [1.165, 1.54) is 17.8 Å². The van der Waals surface area contributed by atoms with Gasteiger partial charge in [0.1, 0.15) is 15.8 Å². The molecule has 0 spiro atoms. The molecule has 1 fully saturated rings. The minimum absolute atomic E-state index is 0.168. The normalized spacial score (nSPS) is 14.4. The summed E-state index contributed by atoms with van der Waals surface area (Å²) in [6.45, 7) is 2.15. The lowest BCUT2D eigenvalue weighted by atomic mass is 10.1. The summed E-state index contributed by atoms with van der Waals surface area (Å²) >= 11 is 6.82. The van der Waals surface area contributed by atoms with Gasteiger partial charge in [0.05, 0.1) is 24.8 Å². The van der Waals surface area contributed by atoms with Crippen molar-refractivity contribution in [1.29, 1.82) is 0 Å². The summed E-state index contributed by atoms with van der Waals surface area (Å²) in [4.78, 5) is 15.5. The molecule has 0 saturated carbocycles. The van der Waals surface area contributed by atoms with Crippen LogP contribution in [0.5, 0.6) is 11.5 Å². The molecule has 0 bridgehead atoms. The van der Waals surface area contributed by atoms with E-state index in [4.69, 9.17) is 26.8 Å². The summed E-state index contributed by atoms with van der Waals surface area (Å²) < 4.78 is 27.4. The van der Waals surface area contributed by atoms with Crippen LogP contribution in [0.2, 0.25) is 0 Å². The van der Waals surface area contributed by atoms with Gasteiger partial charge in [-0.25, -0.2) is 9.07 Å². The molecular weight excluding hydrogens is 533 g/mol. The second kappa shape index (κ2) is 11.4. The van der Waals surface area contributed by atoms with E-state index in [0.717, 1.165) is 11.3 Å². The number of ether oxygens (including phenoxy) is 2. The fourth-order valence-electron chi connectivity index (χ4n) is 4.28. The predicted octanol–water partition coefficient (Wildman–Crippen LogP) is 6.45. The highest BCUT2D eigenvalue weighted by Gasteiger charge is 2.32. The highest BCUT2D eigenvalue weighted by molar-refractivity contribution is 8.26. The van der Waals surface area contributed by atoms with E-state index < -0.39 is 0 Å². The number of para-hydroxylation sites is 1. The maximum atomic E-state index is 14.5. The Labute approximate surface area is 236 Å². The molecule has 3 aromatic carbocycles. The van der Waals surface area contributed by atoms with Crippen molar-refractivity contribution in [2.45, 2.75) is 13.3 Å². The fourth-order valence-corrected chi connectivity index (χ4v) is 5.58. The number of methoxy groups -OCH3 is 2. The first-order chi connectivity index (χ1) is 18.9. The van der Waals surface area contributed by atoms with Crippen LogP contribution in [0.15, 0.2) is 77.8 Å². The predicted molar refractivity (Wildman–Crippen MR) is 157 cm³/mol. The van der Waals surface area contributed by atoms with Crippen LogP contribution >= 0.6 is 24.0 Å². The van der Waals surface area contributed by atoms with Gasteiger partial charge in [-0.05, 0) is 60.9 Å². The molecule has 1 aromatic heterocycles. The van der Waals surface area contributed by atoms with Gasteiger partial charge in [-0.3, -0.25) is 9.69 Å². The van der Waals surface area contributed by atoms with E-state index in [-0.39, 0.29) is 11.7 Å². The number of amides is 1. The monoisotopic (exact) mass is 559 g/mol. The number of benzene rings is 3. The van der Waals surface area contributed by atoms with E-state index in [9.17, 15) is 9.18 Å². The average molecular weight is 560 g/mol. The first kappa shape index (κ1) is 26.6. The molecule has 2 heterocycles. The van der Waals surface area contributed by atoms with Gasteiger partial charge in [-0.1, -0.05) is 60.4 Å². The molecule has 198 valence electrons. The Hall–Kier alpha value is -3.95. The van der Waals surface area contributed by atoms with E-state index in [1.54, 1.807) is 42.9 Å². The molecule has 0 N–H and O–H groups in total. The van der Waals surface area contributed by atoms with Crippen LogP contribution in [0.4, 0.5) is 4.39 Å². The number of carbonyl (C=O) groups excluding carboxylic acids is 1. The van der Waals surface area contributed by atoms with Gasteiger partial charge < -0.3 is 9.47 Å². The third-order valence-corrected chi connectivity index (χ3v) is 7.82. The highest BCUT2D eigenvalue weighted by atomic mass is 32.2. The second-order valence-corrected chi connectivity index (χ2v) is 10.6. The van der Waals surface area contributed by atoms with Crippen molar-refractivity contribution < 1.29 is 18.7 Å². The SMILES string of the molecule is COc1ccc(CCN2C(=O)/C(=C/c3cn(-c4ccccc4)nc3-c3ccc(C)c(F)c3)SC2=S)cc1OC. The zero-order valence-electron chi connectivity index (χ0n) is 21.7. The molecule has 0 unspecified atom stereocenters. The zero-order valence-corrected chi connectivity index (χ0v) is 23.3. The van der Waals surface area contributed by atoms with E-state index >= 15 is 0 Å².